The number of rotatable bonds is 7. The molecule has 166 valence electrons. The van der Waals surface area contributed by atoms with E-state index in [1.54, 1.807) is 0 Å². The Kier molecular flexibility index (Phi) is 6.68. The van der Waals surface area contributed by atoms with Gasteiger partial charge in [0.15, 0.2) is 11.6 Å². The third kappa shape index (κ3) is 5.13. The Hall–Kier alpha value is -2.31. The minimum absolute atomic E-state index is 0.117. The summed E-state index contributed by atoms with van der Waals surface area (Å²) < 4.78 is 32.8. The SMILES string of the molecule is Cc1cccc(CN(C(=O)[C@H]2CNCCC2OCc2ccc(F)c(F)c2)C2CC2)c1C. The molecular weight excluding hydrogens is 398 g/mol. The first-order chi connectivity index (χ1) is 14.9. The molecule has 1 heterocycles. The van der Waals surface area contributed by atoms with Crippen LogP contribution in [0.2, 0.25) is 0 Å². The van der Waals surface area contributed by atoms with Crippen LogP contribution >= 0.6 is 0 Å². The van der Waals surface area contributed by atoms with Crippen LogP contribution in [0.5, 0.6) is 0 Å². The molecule has 0 bridgehead atoms. The molecule has 2 aromatic rings. The summed E-state index contributed by atoms with van der Waals surface area (Å²) in [4.78, 5) is 15.6. The molecule has 1 aliphatic carbocycles. The molecular formula is C25H30F2N2O2. The highest BCUT2D eigenvalue weighted by molar-refractivity contribution is 5.80. The van der Waals surface area contributed by atoms with E-state index in [1.807, 2.05) is 11.0 Å². The maximum Gasteiger partial charge on any atom is 0.230 e. The molecule has 31 heavy (non-hydrogen) atoms. The van der Waals surface area contributed by atoms with E-state index in [0.29, 0.717) is 31.1 Å². The number of halogens is 2. The van der Waals surface area contributed by atoms with Gasteiger partial charge in [-0.3, -0.25) is 4.79 Å². The molecule has 1 amide bonds. The lowest BCUT2D eigenvalue weighted by atomic mass is 9.93. The van der Waals surface area contributed by atoms with E-state index in [2.05, 4.69) is 31.3 Å². The van der Waals surface area contributed by atoms with Gasteiger partial charge in [0.25, 0.3) is 0 Å². The van der Waals surface area contributed by atoms with Crippen LogP contribution in [0.25, 0.3) is 0 Å². The number of nitrogens with one attached hydrogen (secondary N) is 1. The number of carbonyl (C=O) groups is 1. The standard InChI is InChI=1S/C25H30F2N2O2/c1-16-4-3-5-19(17(16)2)14-29(20-7-8-20)25(30)21-13-28-11-10-24(21)31-15-18-6-9-22(26)23(27)12-18/h3-6,9,12,20-21,24,28H,7-8,10-11,13-15H2,1-2H3/t21-,24?/m0/s1. The van der Waals surface area contributed by atoms with Crippen LogP contribution in [0, 0.1) is 31.4 Å². The largest absolute Gasteiger partial charge is 0.373 e. The van der Waals surface area contributed by atoms with Gasteiger partial charge >= 0.3 is 0 Å². The van der Waals surface area contributed by atoms with E-state index < -0.39 is 11.6 Å². The van der Waals surface area contributed by atoms with E-state index in [4.69, 9.17) is 4.74 Å². The zero-order valence-electron chi connectivity index (χ0n) is 18.2. The van der Waals surface area contributed by atoms with Crippen molar-refractivity contribution in [2.24, 2.45) is 5.92 Å². The molecule has 0 radical (unpaired) electrons. The Balaban J connectivity index is 1.47. The molecule has 0 spiro atoms. The van der Waals surface area contributed by atoms with Crippen LogP contribution in [0.15, 0.2) is 36.4 Å². The van der Waals surface area contributed by atoms with Gasteiger partial charge in [-0.15, -0.1) is 0 Å². The Bertz CT molecular complexity index is 945. The van der Waals surface area contributed by atoms with E-state index in [-0.39, 0.29) is 24.5 Å². The van der Waals surface area contributed by atoms with Gasteiger partial charge in [-0.25, -0.2) is 8.78 Å². The summed E-state index contributed by atoms with van der Waals surface area (Å²) in [6.07, 6.45) is 2.54. The van der Waals surface area contributed by atoms with Gasteiger partial charge < -0.3 is 15.0 Å². The van der Waals surface area contributed by atoms with Crippen molar-refractivity contribution in [3.8, 4) is 0 Å². The van der Waals surface area contributed by atoms with Crippen LogP contribution in [-0.4, -0.2) is 36.0 Å². The molecule has 4 rings (SSSR count). The molecule has 2 fully saturated rings. The van der Waals surface area contributed by atoms with E-state index in [9.17, 15) is 13.6 Å². The Morgan fingerprint density at radius 1 is 1.13 bits per heavy atom. The Morgan fingerprint density at radius 2 is 1.94 bits per heavy atom. The van der Waals surface area contributed by atoms with Gasteiger partial charge in [-0.1, -0.05) is 24.3 Å². The van der Waals surface area contributed by atoms with E-state index >= 15 is 0 Å². The van der Waals surface area contributed by atoms with Crippen LogP contribution in [0.1, 0.15) is 41.5 Å². The third-order valence-corrected chi connectivity index (χ3v) is 6.51. The topological polar surface area (TPSA) is 41.6 Å². The normalized spacial score (nSPS) is 21.2. The first kappa shape index (κ1) is 21.9. The summed E-state index contributed by atoms with van der Waals surface area (Å²) in [5.74, 6) is -1.92. The highest BCUT2D eigenvalue weighted by Crippen LogP contribution is 2.32. The van der Waals surface area contributed by atoms with Gasteiger partial charge in [0.05, 0.1) is 18.6 Å². The number of piperidine rings is 1. The minimum atomic E-state index is -0.882. The zero-order chi connectivity index (χ0) is 22.0. The molecule has 1 aliphatic heterocycles. The van der Waals surface area contributed by atoms with Gasteiger partial charge in [0.1, 0.15) is 0 Å². The predicted octanol–water partition coefficient (Wildman–Crippen LogP) is 4.27. The molecule has 1 N–H and O–H groups in total. The number of aryl methyl sites for hydroxylation is 1. The number of amides is 1. The Morgan fingerprint density at radius 3 is 2.68 bits per heavy atom. The average Bonchev–Trinajstić information content (AvgIpc) is 3.60. The van der Waals surface area contributed by atoms with Crippen molar-refractivity contribution in [1.82, 2.24) is 10.2 Å². The van der Waals surface area contributed by atoms with E-state index in [0.717, 1.165) is 31.5 Å². The average molecular weight is 429 g/mol. The molecule has 1 unspecified atom stereocenters. The number of carbonyl (C=O) groups excluding carboxylic acids is 1. The van der Waals surface area contributed by atoms with Crippen molar-refractivity contribution in [3.63, 3.8) is 0 Å². The maximum atomic E-state index is 13.6. The second-order valence-electron chi connectivity index (χ2n) is 8.75. The fourth-order valence-electron chi connectivity index (χ4n) is 4.27. The monoisotopic (exact) mass is 428 g/mol. The molecule has 1 saturated carbocycles. The first-order valence-corrected chi connectivity index (χ1v) is 11.1. The third-order valence-electron chi connectivity index (χ3n) is 6.51. The summed E-state index contributed by atoms with van der Waals surface area (Å²) in [5.41, 5.74) is 4.21. The lowest BCUT2D eigenvalue weighted by Gasteiger charge is -2.35. The second kappa shape index (κ2) is 9.45. The van der Waals surface area contributed by atoms with Crippen LogP contribution < -0.4 is 5.32 Å². The number of nitrogens with zero attached hydrogens (tertiary/aromatic N) is 1. The van der Waals surface area contributed by atoms with Gasteiger partial charge in [0, 0.05) is 19.1 Å². The van der Waals surface area contributed by atoms with Crippen molar-refractivity contribution in [2.45, 2.75) is 58.4 Å². The number of benzene rings is 2. The molecule has 0 aromatic heterocycles. The van der Waals surface area contributed by atoms with Crippen molar-refractivity contribution in [1.29, 1.82) is 0 Å². The number of hydrogen-bond donors (Lipinski definition) is 1. The lowest BCUT2D eigenvalue weighted by molar-refractivity contribution is -0.144. The van der Waals surface area contributed by atoms with Gasteiger partial charge in [-0.05, 0) is 74.0 Å². The number of hydrogen-bond acceptors (Lipinski definition) is 3. The van der Waals surface area contributed by atoms with Crippen molar-refractivity contribution in [2.75, 3.05) is 13.1 Å². The molecule has 1 saturated heterocycles. The predicted molar refractivity (Wildman–Crippen MR) is 115 cm³/mol. The molecule has 2 aliphatic rings. The molecule has 2 atom stereocenters. The fraction of sp³-hybridized carbons (Fsp3) is 0.480. The van der Waals surface area contributed by atoms with Crippen LogP contribution in [0.3, 0.4) is 0 Å². The smallest absolute Gasteiger partial charge is 0.230 e. The van der Waals surface area contributed by atoms with Crippen LogP contribution in [0.4, 0.5) is 8.78 Å². The lowest BCUT2D eigenvalue weighted by Crippen LogP contribution is -2.50. The van der Waals surface area contributed by atoms with Crippen molar-refractivity contribution in [3.05, 3.63) is 70.3 Å². The minimum Gasteiger partial charge on any atom is -0.373 e. The quantitative estimate of drug-likeness (QED) is 0.716. The molecule has 2 aromatic carbocycles. The summed E-state index contributed by atoms with van der Waals surface area (Å²) >= 11 is 0. The van der Waals surface area contributed by atoms with Crippen LogP contribution in [-0.2, 0) is 22.7 Å². The van der Waals surface area contributed by atoms with Crippen molar-refractivity contribution < 1.29 is 18.3 Å². The summed E-state index contributed by atoms with van der Waals surface area (Å²) in [6.45, 7) is 6.31. The summed E-state index contributed by atoms with van der Waals surface area (Å²) in [7, 11) is 0. The molecule has 6 heteroatoms. The highest BCUT2D eigenvalue weighted by atomic mass is 19.2. The highest BCUT2D eigenvalue weighted by Gasteiger charge is 2.40. The maximum absolute atomic E-state index is 13.6. The van der Waals surface area contributed by atoms with E-state index in [1.165, 1.54) is 22.8 Å². The van der Waals surface area contributed by atoms with Crippen molar-refractivity contribution >= 4 is 5.91 Å². The van der Waals surface area contributed by atoms with Gasteiger partial charge in [-0.2, -0.15) is 0 Å². The zero-order valence-corrected chi connectivity index (χ0v) is 18.2. The molecule has 4 nitrogen and oxygen atoms in total. The second-order valence-corrected chi connectivity index (χ2v) is 8.75. The first-order valence-electron chi connectivity index (χ1n) is 11.1. The summed E-state index contributed by atoms with van der Waals surface area (Å²) in [6, 6.07) is 10.3. The fourth-order valence-corrected chi connectivity index (χ4v) is 4.27. The number of ether oxygens (including phenoxy) is 1. The van der Waals surface area contributed by atoms with Gasteiger partial charge in [0.2, 0.25) is 5.91 Å². The Labute approximate surface area is 182 Å². The summed E-state index contributed by atoms with van der Waals surface area (Å²) in [5, 5.41) is 3.32.